The molecule has 1 fully saturated rings. The second kappa shape index (κ2) is 6.47. The SMILES string of the molecule is COc1ccc(N/N=C2\C(=N)N(c3ccccc3)NC2N)cc1. The van der Waals surface area contributed by atoms with Crippen LogP contribution in [-0.2, 0) is 0 Å². The van der Waals surface area contributed by atoms with E-state index in [1.807, 2.05) is 54.6 Å². The van der Waals surface area contributed by atoms with Crippen LogP contribution in [0.4, 0.5) is 11.4 Å². The Morgan fingerprint density at radius 1 is 1.17 bits per heavy atom. The zero-order chi connectivity index (χ0) is 16.2. The molecule has 1 atom stereocenters. The summed E-state index contributed by atoms with van der Waals surface area (Å²) in [5.41, 5.74) is 14.0. The zero-order valence-corrected chi connectivity index (χ0v) is 12.7. The number of amidine groups is 1. The van der Waals surface area contributed by atoms with E-state index in [0.29, 0.717) is 5.71 Å². The highest BCUT2D eigenvalue weighted by Crippen LogP contribution is 2.18. The van der Waals surface area contributed by atoms with Gasteiger partial charge in [-0.2, -0.15) is 5.10 Å². The van der Waals surface area contributed by atoms with Crippen molar-refractivity contribution in [3.05, 3.63) is 54.6 Å². The normalized spacial score (nSPS) is 19.2. The fourth-order valence-corrected chi connectivity index (χ4v) is 2.22. The number of benzene rings is 2. The van der Waals surface area contributed by atoms with Crippen molar-refractivity contribution in [2.75, 3.05) is 17.5 Å². The molecule has 1 saturated heterocycles. The maximum absolute atomic E-state index is 8.25. The van der Waals surface area contributed by atoms with E-state index in [1.165, 1.54) is 0 Å². The van der Waals surface area contributed by atoms with Crippen LogP contribution in [0.5, 0.6) is 5.75 Å². The summed E-state index contributed by atoms with van der Waals surface area (Å²) in [5, 5.41) is 14.1. The molecular weight excluding hydrogens is 292 g/mol. The summed E-state index contributed by atoms with van der Waals surface area (Å²) >= 11 is 0. The van der Waals surface area contributed by atoms with Gasteiger partial charge in [0.2, 0.25) is 0 Å². The van der Waals surface area contributed by atoms with E-state index in [1.54, 1.807) is 12.1 Å². The van der Waals surface area contributed by atoms with Gasteiger partial charge in [-0.1, -0.05) is 18.2 Å². The number of hydrazine groups is 1. The Labute approximate surface area is 134 Å². The molecule has 7 nitrogen and oxygen atoms in total. The van der Waals surface area contributed by atoms with E-state index < -0.39 is 6.17 Å². The molecule has 0 amide bonds. The molecule has 0 saturated carbocycles. The number of nitrogens with one attached hydrogen (secondary N) is 3. The Hall–Kier alpha value is -2.90. The third kappa shape index (κ3) is 3.15. The molecule has 1 heterocycles. The van der Waals surface area contributed by atoms with Crippen LogP contribution in [0.1, 0.15) is 0 Å². The lowest BCUT2D eigenvalue weighted by molar-refractivity contribution is 0.415. The summed E-state index contributed by atoms with van der Waals surface area (Å²) in [6, 6.07) is 16.9. The standard InChI is InChI=1S/C16H18N6O/c1-23-13-9-7-11(8-10-13)19-20-14-15(17)21-22(16(14)18)12-5-3-2-4-6-12/h2-10,15,18-19,21H,17H2,1H3/b18-16?,20-14-. The Balaban J connectivity index is 1.75. The monoisotopic (exact) mass is 310 g/mol. The average Bonchev–Trinajstić information content (AvgIpc) is 2.88. The molecule has 1 unspecified atom stereocenters. The number of anilines is 2. The number of methoxy groups -OCH3 is 1. The van der Waals surface area contributed by atoms with Crippen LogP contribution in [0, 0.1) is 5.41 Å². The molecule has 1 aliphatic heterocycles. The minimum atomic E-state index is -0.548. The van der Waals surface area contributed by atoms with Crippen molar-refractivity contribution in [1.82, 2.24) is 5.43 Å². The van der Waals surface area contributed by atoms with Crippen LogP contribution >= 0.6 is 0 Å². The fraction of sp³-hybridized carbons (Fsp3) is 0.125. The van der Waals surface area contributed by atoms with Crippen molar-refractivity contribution in [3.8, 4) is 5.75 Å². The number of rotatable bonds is 4. The average molecular weight is 310 g/mol. The summed E-state index contributed by atoms with van der Waals surface area (Å²) in [7, 11) is 1.62. The van der Waals surface area contributed by atoms with Crippen LogP contribution in [-0.4, -0.2) is 24.8 Å². The number of hydrogen-bond acceptors (Lipinski definition) is 6. The zero-order valence-electron chi connectivity index (χ0n) is 12.7. The summed E-state index contributed by atoms with van der Waals surface area (Å²) in [4.78, 5) is 0. The summed E-state index contributed by atoms with van der Waals surface area (Å²) in [6.45, 7) is 0. The molecule has 2 aromatic carbocycles. The lowest BCUT2D eigenvalue weighted by Crippen LogP contribution is -2.42. The maximum atomic E-state index is 8.25. The lowest BCUT2D eigenvalue weighted by atomic mass is 10.3. The molecule has 5 N–H and O–H groups in total. The Bertz CT molecular complexity index is 713. The highest BCUT2D eigenvalue weighted by molar-refractivity contribution is 6.48. The summed E-state index contributed by atoms with van der Waals surface area (Å²) in [5.74, 6) is 0.982. The topological polar surface area (TPSA) is 98.8 Å². The van der Waals surface area contributed by atoms with Crippen molar-refractivity contribution in [3.63, 3.8) is 0 Å². The molecule has 118 valence electrons. The number of hydrogen-bond donors (Lipinski definition) is 4. The number of nitrogens with zero attached hydrogens (tertiary/aromatic N) is 2. The van der Waals surface area contributed by atoms with E-state index in [4.69, 9.17) is 15.9 Å². The van der Waals surface area contributed by atoms with Gasteiger partial charge in [0.1, 0.15) is 17.6 Å². The Morgan fingerprint density at radius 2 is 1.87 bits per heavy atom. The van der Waals surface area contributed by atoms with E-state index in [0.717, 1.165) is 17.1 Å². The predicted molar refractivity (Wildman–Crippen MR) is 91.8 cm³/mol. The van der Waals surface area contributed by atoms with Crippen molar-refractivity contribution in [2.24, 2.45) is 10.8 Å². The maximum Gasteiger partial charge on any atom is 0.167 e. The molecular formula is C16H18N6O. The number of nitrogens with two attached hydrogens (primary N) is 1. The molecule has 2 aromatic rings. The number of para-hydroxylation sites is 1. The fourth-order valence-electron chi connectivity index (χ4n) is 2.22. The van der Waals surface area contributed by atoms with E-state index >= 15 is 0 Å². The third-order valence-corrected chi connectivity index (χ3v) is 3.44. The van der Waals surface area contributed by atoms with Gasteiger partial charge in [0.25, 0.3) is 0 Å². The molecule has 3 rings (SSSR count). The molecule has 0 aromatic heterocycles. The number of ether oxygens (including phenoxy) is 1. The highest BCUT2D eigenvalue weighted by atomic mass is 16.5. The van der Waals surface area contributed by atoms with Crippen molar-refractivity contribution in [2.45, 2.75) is 6.17 Å². The third-order valence-electron chi connectivity index (χ3n) is 3.44. The minimum Gasteiger partial charge on any atom is -0.497 e. The Kier molecular flexibility index (Phi) is 4.22. The second-order valence-corrected chi connectivity index (χ2v) is 4.96. The molecule has 1 aliphatic rings. The van der Waals surface area contributed by atoms with Gasteiger partial charge in [0, 0.05) is 0 Å². The quantitative estimate of drug-likeness (QED) is 0.645. The largest absolute Gasteiger partial charge is 0.497 e. The minimum absolute atomic E-state index is 0.213. The highest BCUT2D eigenvalue weighted by Gasteiger charge is 2.32. The first-order valence-electron chi connectivity index (χ1n) is 7.12. The van der Waals surface area contributed by atoms with Gasteiger partial charge in [-0.15, -0.1) is 0 Å². The van der Waals surface area contributed by atoms with Crippen molar-refractivity contribution >= 4 is 22.9 Å². The van der Waals surface area contributed by atoms with Crippen LogP contribution in [0.3, 0.4) is 0 Å². The summed E-state index contributed by atoms with van der Waals surface area (Å²) < 4.78 is 5.11. The van der Waals surface area contributed by atoms with E-state index in [2.05, 4.69) is 16.0 Å². The van der Waals surface area contributed by atoms with Gasteiger partial charge in [-0.05, 0) is 36.4 Å². The molecule has 0 bridgehead atoms. The lowest BCUT2D eigenvalue weighted by Gasteiger charge is -2.17. The Morgan fingerprint density at radius 3 is 2.52 bits per heavy atom. The first-order chi connectivity index (χ1) is 11.2. The molecule has 23 heavy (non-hydrogen) atoms. The van der Waals surface area contributed by atoms with Gasteiger partial charge >= 0.3 is 0 Å². The number of hydrazone groups is 1. The van der Waals surface area contributed by atoms with Gasteiger partial charge in [0.15, 0.2) is 5.84 Å². The van der Waals surface area contributed by atoms with Gasteiger partial charge in [0.05, 0.1) is 18.5 Å². The van der Waals surface area contributed by atoms with Gasteiger partial charge < -0.3 is 10.5 Å². The molecule has 7 heteroatoms. The van der Waals surface area contributed by atoms with Crippen molar-refractivity contribution < 1.29 is 4.74 Å². The van der Waals surface area contributed by atoms with Gasteiger partial charge in [-0.25, -0.2) is 5.43 Å². The van der Waals surface area contributed by atoms with Crippen molar-refractivity contribution in [1.29, 1.82) is 5.41 Å². The van der Waals surface area contributed by atoms with Crippen LogP contribution in [0.25, 0.3) is 0 Å². The second-order valence-electron chi connectivity index (χ2n) is 4.96. The summed E-state index contributed by atoms with van der Waals surface area (Å²) in [6.07, 6.45) is -0.548. The first-order valence-corrected chi connectivity index (χ1v) is 7.12. The molecule has 0 radical (unpaired) electrons. The predicted octanol–water partition coefficient (Wildman–Crippen LogP) is 1.75. The molecule has 0 spiro atoms. The van der Waals surface area contributed by atoms with Crippen LogP contribution in [0.15, 0.2) is 59.7 Å². The van der Waals surface area contributed by atoms with Crippen LogP contribution < -0.4 is 26.3 Å². The van der Waals surface area contributed by atoms with E-state index in [-0.39, 0.29) is 5.84 Å². The van der Waals surface area contributed by atoms with E-state index in [9.17, 15) is 0 Å². The smallest absolute Gasteiger partial charge is 0.167 e. The van der Waals surface area contributed by atoms with Crippen LogP contribution in [0.2, 0.25) is 0 Å². The van der Waals surface area contributed by atoms with Gasteiger partial charge in [-0.3, -0.25) is 15.8 Å². The first kappa shape index (κ1) is 15.0. The molecule has 0 aliphatic carbocycles.